The van der Waals surface area contributed by atoms with Gasteiger partial charge in [0, 0.05) is 13.1 Å². The van der Waals surface area contributed by atoms with Crippen molar-refractivity contribution >= 4 is 29.3 Å². The number of benzene rings is 1. The van der Waals surface area contributed by atoms with E-state index in [-0.39, 0.29) is 13.1 Å². The molecule has 0 aliphatic carbocycles. The minimum Gasteiger partial charge on any atom is -0.469 e. The molecule has 0 unspecified atom stereocenters. The van der Waals surface area contributed by atoms with Gasteiger partial charge in [0.25, 0.3) is 0 Å². The summed E-state index contributed by atoms with van der Waals surface area (Å²) >= 11 is 0. The Balaban J connectivity index is 1.58. The van der Waals surface area contributed by atoms with E-state index in [1.807, 2.05) is 4.90 Å². The smallest absolute Gasteiger partial charge is 0.414 e. The van der Waals surface area contributed by atoms with Crippen molar-refractivity contribution in [3.8, 4) is 0 Å². The zero-order chi connectivity index (χ0) is 20.1. The highest BCUT2D eigenvalue weighted by Crippen LogP contribution is 2.28. The topological polar surface area (TPSA) is 97.4 Å². The molecular weight excluding hydrogens is 373 g/mol. The van der Waals surface area contributed by atoms with Gasteiger partial charge < -0.3 is 24.4 Å². The van der Waals surface area contributed by atoms with Gasteiger partial charge in [-0.25, -0.2) is 9.18 Å². The molecule has 2 aliphatic heterocycles. The van der Waals surface area contributed by atoms with Crippen LogP contribution < -0.4 is 15.1 Å². The van der Waals surface area contributed by atoms with Gasteiger partial charge in [0.2, 0.25) is 5.91 Å². The van der Waals surface area contributed by atoms with E-state index in [9.17, 15) is 18.8 Å². The van der Waals surface area contributed by atoms with E-state index in [0.29, 0.717) is 37.7 Å². The van der Waals surface area contributed by atoms with Crippen molar-refractivity contribution in [3.05, 3.63) is 24.0 Å². The van der Waals surface area contributed by atoms with Crippen LogP contribution in [0.15, 0.2) is 18.2 Å². The largest absolute Gasteiger partial charge is 0.469 e. The molecule has 2 saturated heterocycles. The summed E-state index contributed by atoms with van der Waals surface area (Å²) in [6.45, 7) is 2.51. The molecule has 2 fully saturated rings. The van der Waals surface area contributed by atoms with Crippen LogP contribution in [0.2, 0.25) is 0 Å². The molecule has 2 amide bonds. The van der Waals surface area contributed by atoms with Crippen LogP contribution in [0.3, 0.4) is 0 Å². The Bertz CT molecular complexity index is 753. The third-order valence-electron chi connectivity index (χ3n) is 4.53. The van der Waals surface area contributed by atoms with E-state index in [4.69, 9.17) is 9.47 Å². The van der Waals surface area contributed by atoms with E-state index in [1.54, 1.807) is 12.1 Å². The van der Waals surface area contributed by atoms with E-state index in [0.717, 1.165) is 0 Å². The van der Waals surface area contributed by atoms with Gasteiger partial charge in [-0.3, -0.25) is 14.5 Å². The average Bonchev–Trinajstić information content (AvgIpc) is 3.07. The fourth-order valence-corrected chi connectivity index (χ4v) is 3.06. The van der Waals surface area contributed by atoms with E-state index in [2.05, 4.69) is 10.1 Å². The normalized spacial score (nSPS) is 19.4. The molecule has 3 rings (SSSR count). The molecule has 28 heavy (non-hydrogen) atoms. The van der Waals surface area contributed by atoms with Crippen LogP contribution in [0.25, 0.3) is 0 Å². The number of rotatable bonds is 6. The van der Waals surface area contributed by atoms with Gasteiger partial charge in [0.1, 0.15) is 18.3 Å². The first-order chi connectivity index (χ1) is 13.5. The number of amides is 2. The first-order valence-electron chi connectivity index (χ1n) is 8.92. The molecule has 10 heteroatoms. The molecule has 0 radical (unpaired) electrons. The monoisotopic (exact) mass is 395 g/mol. The predicted octanol–water partition coefficient (Wildman–Crippen LogP) is 0.667. The standard InChI is InChI=1S/C18H22FN3O6/c1-26-17(24)9-16(23)20-10-13-11-22(18(25)28-13)12-2-3-15(14(19)8-12)21-4-6-27-7-5-21/h2-3,8,13H,4-7,9-11H2,1H3,(H,20,23)/t13-/m0/s1. The molecule has 152 valence electrons. The number of esters is 1. The van der Waals surface area contributed by atoms with Gasteiger partial charge in [-0.15, -0.1) is 0 Å². The molecule has 0 bridgehead atoms. The number of nitrogens with one attached hydrogen (secondary N) is 1. The summed E-state index contributed by atoms with van der Waals surface area (Å²) in [5.41, 5.74) is 0.842. The maximum Gasteiger partial charge on any atom is 0.414 e. The Morgan fingerprint density at radius 2 is 2.07 bits per heavy atom. The number of morpholine rings is 1. The van der Waals surface area contributed by atoms with Crippen LogP contribution >= 0.6 is 0 Å². The first-order valence-corrected chi connectivity index (χ1v) is 8.92. The number of carbonyl (C=O) groups is 3. The number of anilines is 2. The summed E-state index contributed by atoms with van der Waals surface area (Å²) in [6.07, 6.45) is -1.63. The minimum atomic E-state index is -0.654. The van der Waals surface area contributed by atoms with Gasteiger partial charge in [0.05, 0.1) is 44.8 Å². The molecular formula is C18H22FN3O6. The maximum atomic E-state index is 14.6. The Hall–Kier alpha value is -2.88. The molecule has 1 aromatic rings. The average molecular weight is 395 g/mol. The van der Waals surface area contributed by atoms with Crippen molar-refractivity contribution in [3.63, 3.8) is 0 Å². The number of cyclic esters (lactones) is 1. The molecule has 2 aliphatic rings. The lowest BCUT2D eigenvalue weighted by Crippen LogP contribution is -2.37. The summed E-state index contributed by atoms with van der Waals surface area (Å²) in [5, 5.41) is 2.51. The van der Waals surface area contributed by atoms with Gasteiger partial charge in [-0.1, -0.05) is 0 Å². The highest BCUT2D eigenvalue weighted by Gasteiger charge is 2.33. The summed E-state index contributed by atoms with van der Waals surface area (Å²) in [7, 11) is 1.19. The summed E-state index contributed by atoms with van der Waals surface area (Å²) in [6, 6.07) is 4.59. The van der Waals surface area contributed by atoms with Crippen LogP contribution in [0.1, 0.15) is 6.42 Å². The molecule has 9 nitrogen and oxygen atoms in total. The van der Waals surface area contributed by atoms with Crippen molar-refractivity contribution in [2.24, 2.45) is 0 Å². The van der Waals surface area contributed by atoms with Gasteiger partial charge in [-0.2, -0.15) is 0 Å². The van der Waals surface area contributed by atoms with Gasteiger partial charge in [-0.05, 0) is 18.2 Å². The Morgan fingerprint density at radius 3 is 2.75 bits per heavy atom. The molecule has 0 saturated carbocycles. The second kappa shape index (κ2) is 8.87. The number of hydrogen-bond acceptors (Lipinski definition) is 7. The molecule has 0 aromatic heterocycles. The number of hydrogen-bond donors (Lipinski definition) is 1. The minimum absolute atomic E-state index is 0.0480. The zero-order valence-electron chi connectivity index (χ0n) is 15.5. The predicted molar refractivity (Wildman–Crippen MR) is 96.7 cm³/mol. The molecule has 1 N–H and O–H groups in total. The lowest BCUT2D eigenvalue weighted by Gasteiger charge is -2.29. The Morgan fingerprint density at radius 1 is 1.32 bits per heavy atom. The lowest BCUT2D eigenvalue weighted by atomic mass is 10.2. The van der Waals surface area contributed by atoms with Crippen LogP contribution in [-0.4, -0.2) is 70.6 Å². The fourth-order valence-electron chi connectivity index (χ4n) is 3.06. The Kier molecular flexibility index (Phi) is 6.30. The Labute approximate surface area is 161 Å². The number of methoxy groups -OCH3 is 1. The van der Waals surface area contributed by atoms with Crippen molar-refractivity contribution in [1.29, 1.82) is 0 Å². The number of halogens is 1. The lowest BCUT2D eigenvalue weighted by molar-refractivity contribution is -0.143. The van der Waals surface area contributed by atoms with Crippen molar-refractivity contribution < 1.29 is 33.0 Å². The second-order valence-electron chi connectivity index (χ2n) is 6.41. The zero-order valence-corrected chi connectivity index (χ0v) is 15.5. The van der Waals surface area contributed by atoms with Crippen LogP contribution in [-0.2, 0) is 23.8 Å². The molecule has 2 heterocycles. The quantitative estimate of drug-likeness (QED) is 0.558. The summed E-state index contributed by atoms with van der Waals surface area (Å²) < 4.78 is 29.4. The van der Waals surface area contributed by atoms with Crippen LogP contribution in [0.4, 0.5) is 20.6 Å². The maximum absolute atomic E-state index is 14.6. The second-order valence-corrected chi connectivity index (χ2v) is 6.41. The third-order valence-corrected chi connectivity index (χ3v) is 4.53. The van der Waals surface area contributed by atoms with Gasteiger partial charge in [0.15, 0.2) is 0 Å². The van der Waals surface area contributed by atoms with Crippen molar-refractivity contribution in [2.45, 2.75) is 12.5 Å². The van der Waals surface area contributed by atoms with Crippen molar-refractivity contribution in [1.82, 2.24) is 5.32 Å². The van der Waals surface area contributed by atoms with Gasteiger partial charge >= 0.3 is 12.1 Å². The number of ether oxygens (including phenoxy) is 3. The summed E-state index contributed by atoms with van der Waals surface area (Å²) in [4.78, 5) is 38.0. The first kappa shape index (κ1) is 19.9. The van der Waals surface area contributed by atoms with E-state index >= 15 is 0 Å². The highest BCUT2D eigenvalue weighted by atomic mass is 19.1. The van der Waals surface area contributed by atoms with E-state index in [1.165, 1.54) is 18.1 Å². The molecule has 1 atom stereocenters. The van der Waals surface area contributed by atoms with Crippen LogP contribution in [0.5, 0.6) is 0 Å². The fraction of sp³-hybridized carbons (Fsp3) is 0.500. The van der Waals surface area contributed by atoms with E-state index < -0.39 is 36.3 Å². The van der Waals surface area contributed by atoms with Crippen molar-refractivity contribution in [2.75, 3.05) is 56.3 Å². The number of nitrogens with zero attached hydrogens (tertiary/aromatic N) is 2. The highest BCUT2D eigenvalue weighted by molar-refractivity contribution is 5.94. The third kappa shape index (κ3) is 4.69. The van der Waals surface area contributed by atoms with Crippen LogP contribution in [0, 0.1) is 5.82 Å². The summed E-state index contributed by atoms with van der Waals surface area (Å²) in [5.74, 6) is -1.61. The number of carbonyl (C=O) groups excluding carboxylic acids is 3. The molecule has 1 aromatic carbocycles. The molecule has 0 spiro atoms. The SMILES string of the molecule is COC(=O)CC(=O)NC[C@H]1CN(c2ccc(N3CCOCC3)c(F)c2)C(=O)O1.